The quantitative estimate of drug-likeness (QED) is 0.621. The number of rotatable bonds is 6. The molecule has 1 aromatic rings. The lowest BCUT2D eigenvalue weighted by Gasteiger charge is -2.10. The van der Waals surface area contributed by atoms with Crippen LogP contribution in [0.25, 0.3) is 0 Å². The van der Waals surface area contributed by atoms with Crippen molar-refractivity contribution in [3.8, 4) is 0 Å². The van der Waals surface area contributed by atoms with E-state index in [0.29, 0.717) is 13.0 Å². The van der Waals surface area contributed by atoms with Crippen LogP contribution in [0.5, 0.6) is 0 Å². The maximum atomic E-state index is 11.3. The molecule has 0 heterocycles. The first-order valence-corrected chi connectivity index (χ1v) is 8.55. The average Bonchev–Trinajstić information content (AvgIpc) is 2.30. The average molecular weight is 367 g/mol. The van der Waals surface area contributed by atoms with Gasteiger partial charge < -0.3 is 5.32 Å². The summed E-state index contributed by atoms with van der Waals surface area (Å²) in [5.74, 6) is 0.495. The molecule has 0 saturated carbocycles. The maximum Gasteiger partial charge on any atom is 0.150 e. The predicted molar refractivity (Wildman–Crippen MR) is 81.3 cm³/mol. The number of halogens is 1. The monoisotopic (exact) mass is 367 g/mol. The van der Waals surface area contributed by atoms with Crippen LogP contribution >= 0.6 is 22.6 Å². The summed E-state index contributed by atoms with van der Waals surface area (Å²) in [5.41, 5.74) is 2.30. The van der Waals surface area contributed by atoms with E-state index in [2.05, 4.69) is 40.9 Å². The van der Waals surface area contributed by atoms with Gasteiger partial charge in [-0.3, -0.25) is 0 Å². The molecular weight excluding hydrogens is 349 g/mol. The third-order valence-corrected chi connectivity index (χ3v) is 5.61. The largest absolute Gasteiger partial charge is 0.385 e. The van der Waals surface area contributed by atoms with Gasteiger partial charge in [0.2, 0.25) is 0 Å². The summed E-state index contributed by atoms with van der Waals surface area (Å²) < 4.78 is 23.8. The Labute approximate surface area is 117 Å². The van der Waals surface area contributed by atoms with E-state index in [1.807, 2.05) is 12.1 Å². The van der Waals surface area contributed by atoms with E-state index in [4.69, 9.17) is 0 Å². The van der Waals surface area contributed by atoms with Crippen molar-refractivity contribution in [1.82, 2.24) is 0 Å². The van der Waals surface area contributed by atoms with Gasteiger partial charge >= 0.3 is 0 Å². The second-order valence-corrected chi connectivity index (χ2v) is 7.56. The Morgan fingerprint density at radius 2 is 2.06 bits per heavy atom. The second kappa shape index (κ2) is 6.58. The predicted octanol–water partition coefficient (Wildman–Crippen LogP) is 2.84. The molecule has 0 radical (unpaired) electrons. The number of benzene rings is 1. The zero-order valence-corrected chi connectivity index (χ0v) is 13.1. The van der Waals surface area contributed by atoms with Gasteiger partial charge in [-0.2, -0.15) is 0 Å². The fourth-order valence-corrected chi connectivity index (χ4v) is 2.83. The Hall–Kier alpha value is -0.300. The Bertz CT molecular complexity index is 471. The number of hydrogen-bond donors (Lipinski definition) is 1. The van der Waals surface area contributed by atoms with Crippen LogP contribution in [0.15, 0.2) is 18.2 Å². The standard InChI is InChI=1S/C12H18INO2S/c1-3-17(15,16)9-5-8-14-12-7-4-6-11(13)10(12)2/h4,6-7,14H,3,5,8-9H2,1-2H3. The summed E-state index contributed by atoms with van der Waals surface area (Å²) in [6.45, 7) is 4.44. The minimum Gasteiger partial charge on any atom is -0.385 e. The van der Waals surface area contributed by atoms with Crippen LogP contribution in [-0.4, -0.2) is 26.5 Å². The molecule has 1 N–H and O–H groups in total. The molecule has 96 valence electrons. The Morgan fingerprint density at radius 1 is 1.35 bits per heavy atom. The Balaban J connectivity index is 2.44. The van der Waals surface area contributed by atoms with E-state index < -0.39 is 9.84 Å². The third-order valence-electron chi connectivity index (χ3n) is 2.66. The lowest BCUT2D eigenvalue weighted by Crippen LogP contribution is -2.13. The van der Waals surface area contributed by atoms with Crippen molar-refractivity contribution in [3.05, 3.63) is 27.3 Å². The van der Waals surface area contributed by atoms with Crippen LogP contribution in [0.1, 0.15) is 18.9 Å². The molecule has 0 bridgehead atoms. The summed E-state index contributed by atoms with van der Waals surface area (Å²) in [4.78, 5) is 0. The molecule has 0 atom stereocenters. The van der Waals surface area contributed by atoms with Crippen molar-refractivity contribution in [3.63, 3.8) is 0 Å². The van der Waals surface area contributed by atoms with E-state index in [1.165, 1.54) is 9.13 Å². The number of nitrogens with one attached hydrogen (secondary N) is 1. The normalized spacial score (nSPS) is 11.5. The second-order valence-electron chi connectivity index (χ2n) is 3.93. The molecule has 0 amide bonds. The number of anilines is 1. The van der Waals surface area contributed by atoms with E-state index in [1.54, 1.807) is 6.92 Å². The topological polar surface area (TPSA) is 46.2 Å². The highest BCUT2D eigenvalue weighted by molar-refractivity contribution is 14.1. The van der Waals surface area contributed by atoms with Gasteiger partial charge in [-0.25, -0.2) is 8.42 Å². The van der Waals surface area contributed by atoms with Crippen LogP contribution in [0.3, 0.4) is 0 Å². The van der Waals surface area contributed by atoms with Crippen molar-refractivity contribution in [2.24, 2.45) is 0 Å². The number of hydrogen-bond acceptors (Lipinski definition) is 3. The summed E-state index contributed by atoms with van der Waals surface area (Å²) >= 11 is 2.29. The fourth-order valence-electron chi connectivity index (χ4n) is 1.46. The lowest BCUT2D eigenvalue weighted by molar-refractivity contribution is 0.595. The number of sulfone groups is 1. The zero-order valence-electron chi connectivity index (χ0n) is 10.2. The van der Waals surface area contributed by atoms with Crippen molar-refractivity contribution >= 4 is 38.1 Å². The first-order chi connectivity index (χ1) is 7.96. The van der Waals surface area contributed by atoms with E-state index in [-0.39, 0.29) is 11.5 Å². The highest BCUT2D eigenvalue weighted by atomic mass is 127. The van der Waals surface area contributed by atoms with Crippen LogP contribution in [-0.2, 0) is 9.84 Å². The van der Waals surface area contributed by atoms with Gasteiger partial charge in [-0.1, -0.05) is 13.0 Å². The lowest BCUT2D eigenvalue weighted by atomic mass is 10.2. The van der Waals surface area contributed by atoms with Crippen molar-refractivity contribution < 1.29 is 8.42 Å². The molecule has 3 nitrogen and oxygen atoms in total. The fraction of sp³-hybridized carbons (Fsp3) is 0.500. The Morgan fingerprint density at radius 3 is 2.71 bits per heavy atom. The van der Waals surface area contributed by atoms with Crippen LogP contribution in [0, 0.1) is 10.5 Å². The van der Waals surface area contributed by atoms with Crippen LogP contribution < -0.4 is 5.32 Å². The molecule has 1 aromatic carbocycles. The summed E-state index contributed by atoms with van der Waals surface area (Å²) in [7, 11) is -2.83. The maximum absolute atomic E-state index is 11.3. The van der Waals surface area contributed by atoms with Crippen LogP contribution in [0.2, 0.25) is 0 Å². The highest BCUT2D eigenvalue weighted by Crippen LogP contribution is 2.20. The molecular formula is C12H18INO2S. The molecule has 17 heavy (non-hydrogen) atoms. The van der Waals surface area contributed by atoms with Crippen molar-refractivity contribution in [2.45, 2.75) is 20.3 Å². The molecule has 0 fully saturated rings. The molecule has 0 aliphatic carbocycles. The van der Waals surface area contributed by atoms with Gasteiger partial charge in [-0.15, -0.1) is 0 Å². The molecule has 0 spiro atoms. The van der Waals surface area contributed by atoms with Crippen molar-refractivity contribution in [1.29, 1.82) is 0 Å². The van der Waals surface area contributed by atoms with Gasteiger partial charge in [0.15, 0.2) is 0 Å². The minimum atomic E-state index is -2.83. The van der Waals surface area contributed by atoms with Gasteiger partial charge in [0.1, 0.15) is 9.84 Å². The molecule has 0 unspecified atom stereocenters. The van der Waals surface area contributed by atoms with Gasteiger partial charge in [0.05, 0.1) is 5.75 Å². The van der Waals surface area contributed by atoms with Crippen molar-refractivity contribution in [2.75, 3.05) is 23.4 Å². The molecule has 0 saturated heterocycles. The molecule has 5 heteroatoms. The summed E-state index contributed by atoms with van der Waals surface area (Å²) in [5, 5.41) is 3.28. The Kier molecular flexibility index (Phi) is 5.72. The minimum absolute atomic E-state index is 0.231. The molecule has 0 aliphatic heterocycles. The van der Waals surface area contributed by atoms with Crippen LogP contribution in [0.4, 0.5) is 5.69 Å². The first kappa shape index (κ1) is 14.8. The molecule has 0 aromatic heterocycles. The van der Waals surface area contributed by atoms with E-state index >= 15 is 0 Å². The highest BCUT2D eigenvalue weighted by Gasteiger charge is 2.06. The third kappa shape index (κ3) is 4.83. The molecule has 1 rings (SSSR count). The summed E-state index contributed by atoms with van der Waals surface area (Å²) in [6, 6.07) is 6.08. The molecule has 0 aliphatic rings. The zero-order chi connectivity index (χ0) is 12.9. The first-order valence-electron chi connectivity index (χ1n) is 5.65. The SMILES string of the molecule is CCS(=O)(=O)CCCNc1cccc(I)c1C. The van der Waals surface area contributed by atoms with Gasteiger partial charge in [-0.05, 0) is 53.6 Å². The van der Waals surface area contributed by atoms with E-state index in [9.17, 15) is 8.42 Å². The van der Waals surface area contributed by atoms with Gasteiger partial charge in [0.25, 0.3) is 0 Å². The summed E-state index contributed by atoms with van der Waals surface area (Å²) in [6.07, 6.45) is 0.654. The smallest absolute Gasteiger partial charge is 0.150 e. The van der Waals surface area contributed by atoms with E-state index in [0.717, 1.165) is 5.69 Å². The van der Waals surface area contributed by atoms with Gasteiger partial charge in [0, 0.05) is 21.6 Å².